The Morgan fingerprint density at radius 3 is 2.86 bits per heavy atom. The van der Waals surface area contributed by atoms with Gasteiger partial charge in [-0.2, -0.15) is 0 Å². The Labute approximate surface area is 91.9 Å². The molecule has 0 atom stereocenters. The van der Waals surface area contributed by atoms with Gasteiger partial charge in [0.05, 0.1) is 5.69 Å². The van der Waals surface area contributed by atoms with Gasteiger partial charge in [0.1, 0.15) is 0 Å². The molecule has 1 aliphatic rings. The molecule has 0 aliphatic heterocycles. The lowest BCUT2D eigenvalue weighted by atomic mass is 9.76. The number of nitrogens with zero attached hydrogens (tertiary/aromatic N) is 1. The van der Waals surface area contributed by atoms with Crippen molar-refractivity contribution in [3.63, 3.8) is 0 Å². The number of hydrogen-bond acceptors (Lipinski definition) is 2. The van der Waals surface area contributed by atoms with Gasteiger partial charge in [-0.15, -0.1) is 0 Å². The van der Waals surface area contributed by atoms with E-state index in [1.54, 1.807) is 6.20 Å². The maximum Gasteiger partial charge on any atom is 0.165 e. The molecule has 0 fully saturated rings. The van der Waals surface area contributed by atoms with E-state index in [1.165, 1.54) is 0 Å². The van der Waals surface area contributed by atoms with Crippen molar-refractivity contribution in [1.82, 2.24) is 4.98 Å². The second-order valence-corrected chi connectivity index (χ2v) is 5.50. The van der Waals surface area contributed by atoms with Crippen LogP contribution < -0.4 is 0 Å². The molecule has 14 heavy (non-hydrogen) atoms. The average Bonchev–Trinajstić information content (AvgIpc) is 2.05. The zero-order valence-electron chi connectivity index (χ0n) is 8.30. The Morgan fingerprint density at radius 1 is 1.43 bits per heavy atom. The van der Waals surface area contributed by atoms with Gasteiger partial charge in [0, 0.05) is 22.7 Å². The summed E-state index contributed by atoms with van der Waals surface area (Å²) in [6.45, 7) is 4.22. The standard InChI is InChI=1S/C11H12BrNO/c1-11(2)4-9-8(10(14)5-11)3-7(12)6-13-9/h3,6H,4-5H2,1-2H3. The molecule has 0 aromatic carbocycles. The number of hydrogen-bond donors (Lipinski definition) is 0. The van der Waals surface area contributed by atoms with Gasteiger partial charge in [-0.3, -0.25) is 9.78 Å². The highest BCUT2D eigenvalue weighted by Gasteiger charge is 2.31. The molecule has 1 aromatic heterocycles. The number of aromatic nitrogens is 1. The van der Waals surface area contributed by atoms with Crippen molar-refractivity contribution in [2.75, 3.05) is 0 Å². The number of Topliss-reactive ketones (excluding diaryl/α,β-unsaturated/α-hetero) is 1. The minimum absolute atomic E-state index is 0.0604. The van der Waals surface area contributed by atoms with E-state index < -0.39 is 0 Å². The molecule has 2 nitrogen and oxygen atoms in total. The minimum atomic E-state index is 0.0604. The van der Waals surface area contributed by atoms with Crippen LogP contribution in [0.25, 0.3) is 0 Å². The van der Waals surface area contributed by atoms with E-state index in [1.807, 2.05) is 6.07 Å². The zero-order chi connectivity index (χ0) is 10.3. The fourth-order valence-corrected chi connectivity index (χ4v) is 2.23. The number of carbonyl (C=O) groups is 1. The molecule has 1 aromatic rings. The number of halogens is 1. The Hall–Kier alpha value is -0.700. The van der Waals surface area contributed by atoms with Crippen LogP contribution in [0.3, 0.4) is 0 Å². The monoisotopic (exact) mass is 253 g/mol. The quantitative estimate of drug-likeness (QED) is 0.712. The first-order valence-corrected chi connectivity index (χ1v) is 5.45. The Balaban J connectivity index is 2.50. The summed E-state index contributed by atoms with van der Waals surface area (Å²) < 4.78 is 0.879. The van der Waals surface area contributed by atoms with E-state index in [9.17, 15) is 4.79 Å². The SMILES string of the molecule is CC1(C)CC(=O)c2cc(Br)cnc2C1. The lowest BCUT2D eigenvalue weighted by Gasteiger charge is -2.29. The number of ketones is 1. The van der Waals surface area contributed by atoms with E-state index >= 15 is 0 Å². The van der Waals surface area contributed by atoms with Crippen molar-refractivity contribution in [2.45, 2.75) is 26.7 Å². The highest BCUT2D eigenvalue weighted by atomic mass is 79.9. The normalized spacial score (nSPS) is 19.2. The molecule has 0 unspecified atom stereocenters. The molecule has 0 saturated carbocycles. The summed E-state index contributed by atoms with van der Waals surface area (Å²) in [6, 6.07) is 1.87. The van der Waals surface area contributed by atoms with Crippen molar-refractivity contribution in [3.05, 3.63) is 28.0 Å². The van der Waals surface area contributed by atoms with Crippen molar-refractivity contribution in [1.29, 1.82) is 0 Å². The summed E-state index contributed by atoms with van der Waals surface area (Å²) in [6.07, 6.45) is 3.27. The van der Waals surface area contributed by atoms with E-state index in [0.717, 1.165) is 22.2 Å². The molecule has 0 amide bonds. The molecular formula is C11H12BrNO. The Morgan fingerprint density at radius 2 is 2.14 bits per heavy atom. The molecule has 3 heteroatoms. The molecule has 1 heterocycles. The third-order valence-corrected chi connectivity index (χ3v) is 2.96. The van der Waals surface area contributed by atoms with Crippen LogP contribution in [0.4, 0.5) is 0 Å². The van der Waals surface area contributed by atoms with Crippen LogP contribution in [0.1, 0.15) is 36.3 Å². The minimum Gasteiger partial charge on any atom is -0.294 e. The number of pyridine rings is 1. The lowest BCUT2D eigenvalue weighted by Crippen LogP contribution is -2.27. The predicted octanol–water partition coefficient (Wildman–Crippen LogP) is 3.00. The van der Waals surface area contributed by atoms with Crippen molar-refractivity contribution < 1.29 is 4.79 Å². The summed E-state index contributed by atoms with van der Waals surface area (Å²) in [5.74, 6) is 0.213. The second-order valence-electron chi connectivity index (χ2n) is 4.59. The van der Waals surface area contributed by atoms with Crippen LogP contribution in [-0.4, -0.2) is 10.8 Å². The van der Waals surface area contributed by atoms with Crippen molar-refractivity contribution in [3.8, 4) is 0 Å². The summed E-state index contributed by atoms with van der Waals surface area (Å²) in [7, 11) is 0. The highest BCUT2D eigenvalue weighted by Crippen LogP contribution is 2.34. The molecule has 0 saturated heterocycles. The van der Waals surface area contributed by atoms with Crippen LogP contribution in [0.15, 0.2) is 16.7 Å². The molecular weight excluding hydrogens is 242 g/mol. The molecule has 2 rings (SSSR count). The largest absolute Gasteiger partial charge is 0.294 e. The van der Waals surface area contributed by atoms with Gasteiger partial charge in [0.15, 0.2) is 5.78 Å². The smallest absolute Gasteiger partial charge is 0.165 e. The number of rotatable bonds is 0. The van der Waals surface area contributed by atoms with Gasteiger partial charge < -0.3 is 0 Å². The fraction of sp³-hybridized carbons (Fsp3) is 0.455. The van der Waals surface area contributed by atoms with Gasteiger partial charge in [-0.1, -0.05) is 13.8 Å². The van der Waals surface area contributed by atoms with Gasteiger partial charge in [-0.25, -0.2) is 0 Å². The van der Waals surface area contributed by atoms with Crippen molar-refractivity contribution >= 4 is 21.7 Å². The van der Waals surface area contributed by atoms with E-state index in [4.69, 9.17) is 0 Å². The first-order valence-electron chi connectivity index (χ1n) is 4.66. The molecule has 0 bridgehead atoms. The average molecular weight is 254 g/mol. The predicted molar refractivity (Wildman–Crippen MR) is 58.4 cm³/mol. The summed E-state index contributed by atoms with van der Waals surface area (Å²) in [4.78, 5) is 16.1. The van der Waals surface area contributed by atoms with E-state index in [2.05, 4.69) is 34.8 Å². The van der Waals surface area contributed by atoms with Crippen molar-refractivity contribution in [2.24, 2.45) is 5.41 Å². The number of fused-ring (bicyclic) bond motifs is 1. The first-order chi connectivity index (χ1) is 6.48. The summed E-state index contributed by atoms with van der Waals surface area (Å²) >= 11 is 3.33. The fourth-order valence-electron chi connectivity index (χ4n) is 1.90. The van der Waals surface area contributed by atoms with Gasteiger partial charge in [0.25, 0.3) is 0 Å². The molecule has 0 radical (unpaired) electrons. The topological polar surface area (TPSA) is 30.0 Å². The third-order valence-electron chi connectivity index (χ3n) is 2.52. The lowest BCUT2D eigenvalue weighted by molar-refractivity contribution is 0.0910. The first kappa shape index (κ1) is 9.84. The molecule has 74 valence electrons. The molecule has 1 aliphatic carbocycles. The summed E-state index contributed by atoms with van der Waals surface area (Å²) in [5.41, 5.74) is 1.79. The van der Waals surface area contributed by atoms with Gasteiger partial charge >= 0.3 is 0 Å². The van der Waals surface area contributed by atoms with Gasteiger partial charge in [-0.05, 0) is 33.8 Å². The van der Waals surface area contributed by atoms with Gasteiger partial charge in [0.2, 0.25) is 0 Å². The van der Waals surface area contributed by atoms with Crippen LogP contribution in [0, 0.1) is 5.41 Å². The van der Waals surface area contributed by atoms with Crippen LogP contribution in [-0.2, 0) is 6.42 Å². The number of carbonyl (C=O) groups excluding carboxylic acids is 1. The molecule has 0 N–H and O–H groups in total. The molecule has 0 spiro atoms. The van der Waals surface area contributed by atoms with Crippen LogP contribution in [0.2, 0.25) is 0 Å². The maximum atomic E-state index is 11.8. The zero-order valence-corrected chi connectivity index (χ0v) is 9.89. The third kappa shape index (κ3) is 1.73. The highest BCUT2D eigenvalue weighted by molar-refractivity contribution is 9.10. The maximum absolute atomic E-state index is 11.8. The Kier molecular flexibility index (Phi) is 2.22. The van der Waals surface area contributed by atoms with Crippen LogP contribution in [0.5, 0.6) is 0 Å². The van der Waals surface area contributed by atoms with E-state index in [-0.39, 0.29) is 11.2 Å². The summed E-state index contributed by atoms with van der Waals surface area (Å²) in [5, 5.41) is 0. The second kappa shape index (κ2) is 3.16. The van der Waals surface area contributed by atoms with Crippen LogP contribution >= 0.6 is 15.9 Å². The Bertz CT molecular complexity index is 398. The van der Waals surface area contributed by atoms with E-state index in [0.29, 0.717) is 6.42 Å².